The Morgan fingerprint density at radius 2 is 1.86 bits per heavy atom. The van der Waals surface area contributed by atoms with Crippen molar-refractivity contribution < 1.29 is 0 Å². The Balaban J connectivity index is 1.82. The molecule has 2 heteroatoms. The van der Waals surface area contributed by atoms with Gasteiger partial charge in [-0.25, -0.2) is 0 Å². The molecule has 1 N–H and O–H groups in total. The van der Waals surface area contributed by atoms with Crippen LogP contribution in [-0.4, -0.2) is 36.1 Å². The van der Waals surface area contributed by atoms with Crippen molar-refractivity contribution in [2.75, 3.05) is 19.6 Å². The standard InChI is InChI=1S/C19H32N2/c1-4-19(5-2)16-20-17(3)15-21(19)14-10-9-13-18-11-7-6-8-12-18/h6-8,11-12,17,20H,4-5,9-10,13-16H2,1-3H3. The van der Waals surface area contributed by atoms with Gasteiger partial charge in [-0.05, 0) is 51.1 Å². The lowest BCUT2D eigenvalue weighted by atomic mass is 9.87. The molecule has 2 rings (SSSR count). The van der Waals surface area contributed by atoms with Crippen LogP contribution < -0.4 is 5.32 Å². The molecule has 0 aliphatic carbocycles. The molecule has 0 amide bonds. The SMILES string of the molecule is CCC1(CC)CNC(C)CN1CCCCc1ccccc1. The summed E-state index contributed by atoms with van der Waals surface area (Å²) < 4.78 is 0. The second kappa shape index (κ2) is 7.95. The van der Waals surface area contributed by atoms with Crippen LogP contribution in [0, 0.1) is 0 Å². The molecule has 0 spiro atoms. The summed E-state index contributed by atoms with van der Waals surface area (Å²) in [5, 5.41) is 3.68. The zero-order chi connectivity index (χ0) is 15.1. The summed E-state index contributed by atoms with van der Waals surface area (Å²) in [7, 11) is 0. The summed E-state index contributed by atoms with van der Waals surface area (Å²) in [5.74, 6) is 0. The molecular formula is C19H32N2. The highest BCUT2D eigenvalue weighted by Gasteiger charge is 2.37. The first-order valence-corrected chi connectivity index (χ1v) is 8.72. The Labute approximate surface area is 130 Å². The topological polar surface area (TPSA) is 15.3 Å². The van der Waals surface area contributed by atoms with E-state index in [-0.39, 0.29) is 0 Å². The van der Waals surface area contributed by atoms with Crippen LogP contribution in [0.25, 0.3) is 0 Å². The number of hydrogen-bond acceptors (Lipinski definition) is 2. The monoisotopic (exact) mass is 288 g/mol. The second-order valence-corrected chi connectivity index (χ2v) is 6.60. The molecule has 118 valence electrons. The van der Waals surface area contributed by atoms with Crippen molar-refractivity contribution in [2.45, 2.75) is 64.5 Å². The number of piperazine rings is 1. The van der Waals surface area contributed by atoms with Crippen LogP contribution in [0.3, 0.4) is 0 Å². The van der Waals surface area contributed by atoms with Crippen LogP contribution in [0.2, 0.25) is 0 Å². The van der Waals surface area contributed by atoms with E-state index in [0.29, 0.717) is 11.6 Å². The molecule has 0 bridgehead atoms. The highest BCUT2D eigenvalue weighted by atomic mass is 15.3. The predicted molar refractivity (Wildman–Crippen MR) is 91.7 cm³/mol. The lowest BCUT2D eigenvalue weighted by Gasteiger charge is -2.49. The van der Waals surface area contributed by atoms with Crippen LogP contribution in [-0.2, 0) is 6.42 Å². The van der Waals surface area contributed by atoms with Gasteiger partial charge in [0.05, 0.1) is 0 Å². The molecule has 1 aliphatic rings. The van der Waals surface area contributed by atoms with Gasteiger partial charge in [0.2, 0.25) is 0 Å². The molecule has 1 aliphatic heterocycles. The number of benzene rings is 1. The minimum Gasteiger partial charge on any atom is -0.311 e. The third-order valence-electron chi connectivity index (χ3n) is 5.25. The number of aryl methyl sites for hydroxylation is 1. The first kappa shape index (κ1) is 16.5. The fraction of sp³-hybridized carbons (Fsp3) is 0.684. The molecule has 1 fully saturated rings. The normalized spacial score (nSPS) is 22.3. The van der Waals surface area contributed by atoms with Gasteiger partial charge in [0, 0.05) is 24.7 Å². The van der Waals surface area contributed by atoms with E-state index in [0.717, 1.165) is 6.54 Å². The molecule has 1 heterocycles. The zero-order valence-corrected chi connectivity index (χ0v) is 14.1. The number of unbranched alkanes of at least 4 members (excludes halogenated alkanes) is 1. The first-order chi connectivity index (χ1) is 10.2. The molecule has 0 aromatic heterocycles. The molecule has 1 saturated heterocycles. The fourth-order valence-corrected chi connectivity index (χ4v) is 3.62. The molecule has 21 heavy (non-hydrogen) atoms. The van der Waals surface area contributed by atoms with Crippen molar-refractivity contribution in [3.05, 3.63) is 35.9 Å². The van der Waals surface area contributed by atoms with Crippen LogP contribution in [0.1, 0.15) is 52.0 Å². The zero-order valence-electron chi connectivity index (χ0n) is 14.1. The summed E-state index contributed by atoms with van der Waals surface area (Å²) in [4.78, 5) is 2.76. The Hall–Kier alpha value is -0.860. The van der Waals surface area contributed by atoms with E-state index in [1.165, 1.54) is 50.8 Å². The van der Waals surface area contributed by atoms with E-state index >= 15 is 0 Å². The lowest BCUT2D eigenvalue weighted by Crippen LogP contribution is -2.63. The van der Waals surface area contributed by atoms with E-state index in [2.05, 4.69) is 61.3 Å². The lowest BCUT2D eigenvalue weighted by molar-refractivity contribution is 0.0337. The van der Waals surface area contributed by atoms with Crippen molar-refractivity contribution in [1.82, 2.24) is 10.2 Å². The van der Waals surface area contributed by atoms with Gasteiger partial charge < -0.3 is 5.32 Å². The maximum Gasteiger partial charge on any atom is 0.0329 e. The molecule has 2 nitrogen and oxygen atoms in total. The van der Waals surface area contributed by atoms with Gasteiger partial charge in [-0.3, -0.25) is 4.90 Å². The number of nitrogens with zero attached hydrogens (tertiary/aromatic N) is 1. The summed E-state index contributed by atoms with van der Waals surface area (Å²) in [6.07, 6.45) is 6.33. The van der Waals surface area contributed by atoms with Crippen LogP contribution in [0.5, 0.6) is 0 Å². The minimum absolute atomic E-state index is 0.388. The molecule has 1 atom stereocenters. The second-order valence-electron chi connectivity index (χ2n) is 6.60. The van der Waals surface area contributed by atoms with Crippen molar-refractivity contribution in [1.29, 1.82) is 0 Å². The van der Waals surface area contributed by atoms with E-state index in [4.69, 9.17) is 0 Å². The van der Waals surface area contributed by atoms with Gasteiger partial charge in [-0.1, -0.05) is 44.2 Å². The predicted octanol–water partition coefficient (Wildman–Crippen LogP) is 3.86. The average molecular weight is 288 g/mol. The van der Waals surface area contributed by atoms with Crippen molar-refractivity contribution in [3.8, 4) is 0 Å². The summed E-state index contributed by atoms with van der Waals surface area (Å²) in [6.45, 7) is 10.6. The van der Waals surface area contributed by atoms with Gasteiger partial charge >= 0.3 is 0 Å². The van der Waals surface area contributed by atoms with Gasteiger partial charge in [0.15, 0.2) is 0 Å². The number of rotatable bonds is 7. The Morgan fingerprint density at radius 3 is 2.52 bits per heavy atom. The molecule has 1 aromatic rings. The summed E-state index contributed by atoms with van der Waals surface area (Å²) in [5.41, 5.74) is 1.86. The van der Waals surface area contributed by atoms with Crippen LogP contribution >= 0.6 is 0 Å². The highest BCUT2D eigenvalue weighted by Crippen LogP contribution is 2.27. The first-order valence-electron chi connectivity index (χ1n) is 8.72. The molecule has 0 radical (unpaired) electrons. The molecule has 1 unspecified atom stereocenters. The minimum atomic E-state index is 0.388. The third kappa shape index (κ3) is 4.31. The third-order valence-corrected chi connectivity index (χ3v) is 5.25. The molecule has 1 aromatic carbocycles. The van der Waals surface area contributed by atoms with Gasteiger partial charge in [0.25, 0.3) is 0 Å². The summed E-state index contributed by atoms with van der Waals surface area (Å²) in [6, 6.07) is 11.5. The van der Waals surface area contributed by atoms with Crippen molar-refractivity contribution >= 4 is 0 Å². The molecule has 0 saturated carbocycles. The van der Waals surface area contributed by atoms with Crippen molar-refractivity contribution in [3.63, 3.8) is 0 Å². The van der Waals surface area contributed by atoms with E-state index in [1.807, 2.05) is 0 Å². The number of hydrogen-bond donors (Lipinski definition) is 1. The van der Waals surface area contributed by atoms with E-state index < -0.39 is 0 Å². The largest absolute Gasteiger partial charge is 0.311 e. The smallest absolute Gasteiger partial charge is 0.0329 e. The van der Waals surface area contributed by atoms with Gasteiger partial charge in [-0.15, -0.1) is 0 Å². The van der Waals surface area contributed by atoms with Gasteiger partial charge in [0.1, 0.15) is 0 Å². The fourth-order valence-electron chi connectivity index (χ4n) is 3.62. The summed E-state index contributed by atoms with van der Waals surface area (Å²) >= 11 is 0. The van der Waals surface area contributed by atoms with Crippen LogP contribution in [0.15, 0.2) is 30.3 Å². The van der Waals surface area contributed by atoms with E-state index in [9.17, 15) is 0 Å². The molecular weight excluding hydrogens is 256 g/mol. The van der Waals surface area contributed by atoms with E-state index in [1.54, 1.807) is 0 Å². The van der Waals surface area contributed by atoms with Crippen LogP contribution in [0.4, 0.5) is 0 Å². The quantitative estimate of drug-likeness (QED) is 0.766. The van der Waals surface area contributed by atoms with Gasteiger partial charge in [-0.2, -0.15) is 0 Å². The highest BCUT2D eigenvalue weighted by molar-refractivity contribution is 5.14. The Bertz CT molecular complexity index is 397. The Morgan fingerprint density at radius 1 is 1.14 bits per heavy atom. The Kier molecular flexibility index (Phi) is 6.25. The maximum absolute atomic E-state index is 3.68. The average Bonchev–Trinajstić information content (AvgIpc) is 2.53. The van der Waals surface area contributed by atoms with Crippen molar-refractivity contribution in [2.24, 2.45) is 0 Å². The number of nitrogens with one attached hydrogen (secondary N) is 1. The maximum atomic E-state index is 3.68.